The van der Waals surface area contributed by atoms with E-state index < -0.39 is 5.97 Å². The topological polar surface area (TPSA) is 74.5 Å². The maximum atomic E-state index is 12.2. The zero-order valence-electron chi connectivity index (χ0n) is 12.7. The smallest absolute Gasteiger partial charge is 0.338 e. The van der Waals surface area contributed by atoms with Crippen LogP contribution in [0.1, 0.15) is 15.9 Å². The molecule has 1 aromatic heterocycles. The summed E-state index contributed by atoms with van der Waals surface area (Å²) in [7, 11) is 1.57. The third-order valence-corrected chi connectivity index (χ3v) is 3.82. The van der Waals surface area contributed by atoms with Crippen molar-refractivity contribution in [3.05, 3.63) is 64.5 Å². The number of halogens is 1. The van der Waals surface area contributed by atoms with Gasteiger partial charge in [0.25, 0.3) is 0 Å². The van der Waals surface area contributed by atoms with E-state index >= 15 is 0 Å². The van der Waals surface area contributed by atoms with Crippen molar-refractivity contribution in [2.75, 3.05) is 7.11 Å². The van der Waals surface area contributed by atoms with Gasteiger partial charge in [-0.05, 0) is 42.5 Å². The summed E-state index contributed by atoms with van der Waals surface area (Å²) in [6.45, 7) is 0.118. The van der Waals surface area contributed by atoms with E-state index in [1.54, 1.807) is 31.4 Å². The minimum atomic E-state index is -0.422. The summed E-state index contributed by atoms with van der Waals surface area (Å²) in [4.78, 5) is 12.2. The van der Waals surface area contributed by atoms with Gasteiger partial charge in [0, 0.05) is 15.6 Å². The predicted octanol–water partition coefficient (Wildman–Crippen LogP) is 3.86. The molecule has 0 spiro atoms. The van der Waals surface area contributed by atoms with Crippen LogP contribution in [0.5, 0.6) is 5.75 Å². The first kappa shape index (κ1) is 16.2. The Morgan fingerprint density at radius 2 is 2.00 bits per heavy atom. The van der Waals surface area contributed by atoms with Gasteiger partial charge in [0.1, 0.15) is 12.4 Å². The van der Waals surface area contributed by atoms with Crippen molar-refractivity contribution in [2.45, 2.75) is 6.61 Å². The first-order chi connectivity index (χ1) is 11.7. The highest BCUT2D eigenvalue weighted by molar-refractivity contribution is 9.10. The van der Waals surface area contributed by atoms with Gasteiger partial charge in [0.15, 0.2) is 0 Å². The van der Waals surface area contributed by atoms with E-state index in [0.29, 0.717) is 17.2 Å². The summed E-state index contributed by atoms with van der Waals surface area (Å²) < 4.78 is 16.6. The molecule has 0 radical (unpaired) electrons. The molecule has 0 amide bonds. The summed E-state index contributed by atoms with van der Waals surface area (Å²) in [5.41, 5.74) is 1.95. The normalized spacial score (nSPS) is 10.4. The van der Waals surface area contributed by atoms with Crippen LogP contribution in [0.25, 0.3) is 11.5 Å². The molecule has 2 aromatic carbocycles. The van der Waals surface area contributed by atoms with Crippen molar-refractivity contribution in [3.8, 4) is 17.2 Å². The lowest BCUT2D eigenvalue weighted by Gasteiger charge is -2.10. The fourth-order valence-corrected chi connectivity index (χ4v) is 2.54. The van der Waals surface area contributed by atoms with Crippen LogP contribution in [0.3, 0.4) is 0 Å². The van der Waals surface area contributed by atoms with Crippen LogP contribution in [-0.4, -0.2) is 23.3 Å². The second-order valence-corrected chi connectivity index (χ2v) is 5.77. The second-order valence-electron chi connectivity index (χ2n) is 4.85. The number of nitrogens with zero attached hydrogens (tertiary/aromatic N) is 2. The van der Waals surface area contributed by atoms with E-state index in [-0.39, 0.29) is 6.61 Å². The zero-order valence-corrected chi connectivity index (χ0v) is 14.3. The summed E-state index contributed by atoms with van der Waals surface area (Å²) in [5, 5.41) is 7.43. The van der Waals surface area contributed by atoms with Gasteiger partial charge in [-0.1, -0.05) is 15.9 Å². The molecule has 0 aliphatic heterocycles. The van der Waals surface area contributed by atoms with E-state index in [1.165, 1.54) is 6.39 Å². The van der Waals surface area contributed by atoms with Gasteiger partial charge >= 0.3 is 5.97 Å². The van der Waals surface area contributed by atoms with Crippen LogP contribution in [0.2, 0.25) is 0 Å². The highest BCUT2D eigenvalue weighted by Gasteiger charge is 2.11. The fraction of sp³-hybridized carbons (Fsp3) is 0.118. The molecule has 0 saturated heterocycles. The maximum absolute atomic E-state index is 12.2. The molecular weight excluding hydrogens is 376 g/mol. The molecule has 0 fully saturated rings. The third kappa shape index (κ3) is 3.62. The average Bonchev–Trinajstić information content (AvgIpc) is 3.14. The Balaban J connectivity index is 1.68. The van der Waals surface area contributed by atoms with Gasteiger partial charge in [-0.2, -0.15) is 0 Å². The third-order valence-electron chi connectivity index (χ3n) is 3.33. The molecular formula is C17H13BrN2O4. The molecule has 0 aliphatic carbocycles. The number of carbonyl (C=O) groups is 1. The average molecular weight is 389 g/mol. The lowest BCUT2D eigenvalue weighted by atomic mass is 10.1. The van der Waals surface area contributed by atoms with Crippen molar-refractivity contribution in [1.29, 1.82) is 0 Å². The molecule has 24 heavy (non-hydrogen) atoms. The van der Waals surface area contributed by atoms with E-state index in [1.807, 2.05) is 18.2 Å². The minimum absolute atomic E-state index is 0.118. The van der Waals surface area contributed by atoms with E-state index in [0.717, 1.165) is 15.6 Å². The summed E-state index contributed by atoms with van der Waals surface area (Å²) in [5.74, 6) is 0.639. The number of ether oxygens (including phenoxy) is 2. The van der Waals surface area contributed by atoms with Gasteiger partial charge < -0.3 is 13.9 Å². The summed E-state index contributed by atoms with van der Waals surface area (Å²) in [6, 6.07) is 12.3. The van der Waals surface area contributed by atoms with Crippen LogP contribution in [-0.2, 0) is 11.3 Å². The van der Waals surface area contributed by atoms with Crippen molar-refractivity contribution < 1.29 is 18.7 Å². The zero-order chi connectivity index (χ0) is 16.9. The maximum Gasteiger partial charge on any atom is 0.338 e. The molecule has 122 valence electrons. The first-order valence-electron chi connectivity index (χ1n) is 7.03. The highest BCUT2D eigenvalue weighted by atomic mass is 79.9. The standard InChI is InChI=1S/C17H13BrN2O4/c1-22-15-7-6-14(18)8-13(15)9-23-17(21)12-4-2-11(3-5-12)16-20-19-10-24-16/h2-8,10H,9H2,1H3. The second kappa shape index (κ2) is 7.27. The SMILES string of the molecule is COc1ccc(Br)cc1COC(=O)c1ccc(-c2nnco2)cc1. The Bertz CT molecular complexity index is 832. The molecule has 0 bridgehead atoms. The number of rotatable bonds is 5. The number of methoxy groups -OCH3 is 1. The van der Waals surface area contributed by atoms with E-state index in [2.05, 4.69) is 26.1 Å². The number of esters is 1. The fourth-order valence-electron chi connectivity index (χ4n) is 2.13. The Kier molecular flexibility index (Phi) is 4.90. The molecule has 0 unspecified atom stereocenters. The number of carbonyl (C=O) groups excluding carboxylic acids is 1. The summed E-state index contributed by atoms with van der Waals surface area (Å²) in [6.07, 6.45) is 1.25. The number of aromatic nitrogens is 2. The molecule has 0 aliphatic rings. The van der Waals surface area contributed by atoms with Gasteiger partial charge in [0.2, 0.25) is 12.3 Å². The van der Waals surface area contributed by atoms with Gasteiger partial charge in [-0.15, -0.1) is 10.2 Å². The largest absolute Gasteiger partial charge is 0.496 e. The molecule has 3 rings (SSSR count). The van der Waals surface area contributed by atoms with Crippen molar-refractivity contribution in [3.63, 3.8) is 0 Å². The molecule has 3 aromatic rings. The number of hydrogen-bond acceptors (Lipinski definition) is 6. The molecule has 0 atom stereocenters. The molecule has 6 nitrogen and oxygen atoms in total. The van der Waals surface area contributed by atoms with E-state index in [9.17, 15) is 4.79 Å². The Morgan fingerprint density at radius 1 is 1.21 bits per heavy atom. The molecule has 0 N–H and O–H groups in total. The van der Waals surface area contributed by atoms with Crippen molar-refractivity contribution in [2.24, 2.45) is 0 Å². The first-order valence-corrected chi connectivity index (χ1v) is 7.83. The van der Waals surface area contributed by atoms with Gasteiger partial charge in [-0.25, -0.2) is 4.79 Å². The van der Waals surface area contributed by atoms with Crippen LogP contribution in [0, 0.1) is 0 Å². The quantitative estimate of drug-likeness (QED) is 0.617. The number of hydrogen-bond donors (Lipinski definition) is 0. The van der Waals surface area contributed by atoms with Gasteiger partial charge in [0.05, 0.1) is 12.7 Å². The molecule has 1 heterocycles. The molecule has 7 heteroatoms. The van der Waals surface area contributed by atoms with Gasteiger partial charge in [-0.3, -0.25) is 0 Å². The van der Waals surface area contributed by atoms with Crippen LogP contribution in [0.4, 0.5) is 0 Å². The van der Waals surface area contributed by atoms with Crippen LogP contribution in [0.15, 0.2) is 57.7 Å². The number of benzene rings is 2. The lowest BCUT2D eigenvalue weighted by Crippen LogP contribution is -2.06. The predicted molar refractivity (Wildman–Crippen MR) is 89.5 cm³/mol. The molecule has 0 saturated carbocycles. The monoisotopic (exact) mass is 388 g/mol. The van der Waals surface area contributed by atoms with E-state index in [4.69, 9.17) is 13.9 Å². The Hall–Kier alpha value is -2.67. The van der Waals surface area contributed by atoms with Crippen molar-refractivity contribution in [1.82, 2.24) is 10.2 Å². The van der Waals surface area contributed by atoms with Crippen LogP contribution >= 0.6 is 15.9 Å². The summed E-state index contributed by atoms with van der Waals surface area (Å²) >= 11 is 3.39. The highest BCUT2D eigenvalue weighted by Crippen LogP contribution is 2.24. The Labute approximate surface area is 146 Å². The Morgan fingerprint density at radius 3 is 2.67 bits per heavy atom. The van der Waals surface area contributed by atoms with Crippen molar-refractivity contribution >= 4 is 21.9 Å². The minimum Gasteiger partial charge on any atom is -0.496 e. The van der Waals surface area contributed by atoms with Crippen LogP contribution < -0.4 is 4.74 Å². The lowest BCUT2D eigenvalue weighted by molar-refractivity contribution is 0.0470.